The summed E-state index contributed by atoms with van der Waals surface area (Å²) in [4.78, 5) is 12.3. The highest BCUT2D eigenvalue weighted by molar-refractivity contribution is 5.69. The molecule has 0 atom stereocenters. The van der Waals surface area contributed by atoms with Gasteiger partial charge in [-0.15, -0.1) is 0 Å². The largest absolute Gasteiger partial charge is 0.490 e. The molecule has 3 aromatic heterocycles. The minimum atomic E-state index is 0.440. The molecule has 138 valence electrons. The second kappa shape index (κ2) is 8.67. The fraction of sp³-hybridized carbons (Fsp3) is 0.263. The molecule has 3 heterocycles. The lowest BCUT2D eigenvalue weighted by atomic mass is 10.3. The number of hydrogen-bond acceptors (Lipinski definition) is 6. The van der Waals surface area contributed by atoms with Crippen LogP contribution in [-0.2, 0) is 6.42 Å². The van der Waals surface area contributed by atoms with Crippen molar-refractivity contribution in [1.29, 1.82) is 0 Å². The minimum Gasteiger partial charge on any atom is -0.490 e. The molecule has 3 aromatic rings. The Kier molecular flexibility index (Phi) is 5.84. The third-order valence-corrected chi connectivity index (χ3v) is 3.80. The predicted octanol–water partition coefficient (Wildman–Crippen LogP) is 3.86. The zero-order valence-corrected chi connectivity index (χ0v) is 15.3. The predicted molar refractivity (Wildman–Crippen MR) is 105 cm³/mol. The van der Waals surface area contributed by atoms with E-state index in [1.54, 1.807) is 18.3 Å². The molecule has 3 N–H and O–H groups in total. The van der Waals surface area contributed by atoms with Crippen LogP contribution in [0.15, 0.2) is 36.5 Å². The standard InChI is InChI=1S/C19H21N7O/c1-4-14-16(6-5-9-21-14)27-11-10-22-19-15(20-3)7-8-17(24-19)23-18-12-13(2)25-26-18/h5-9,12H,4,10-11H2,1-2H3,(H3,22,23,24,25,26). The topological polar surface area (TPSA) is 92.1 Å². The SMILES string of the molecule is [C-]#[N+]c1ccc(Nc2cc(C)n[nH]2)nc1NCCOc1cccnc1CC. The third kappa shape index (κ3) is 4.73. The number of nitrogens with one attached hydrogen (secondary N) is 3. The van der Waals surface area contributed by atoms with Crippen LogP contribution in [0.1, 0.15) is 18.3 Å². The molecule has 0 spiro atoms. The number of ether oxygens (including phenoxy) is 1. The molecule has 0 aliphatic carbocycles. The fourth-order valence-corrected chi connectivity index (χ4v) is 2.52. The molecule has 0 unspecified atom stereocenters. The van der Waals surface area contributed by atoms with Crippen LogP contribution in [0.25, 0.3) is 4.85 Å². The Bertz CT molecular complexity index is 945. The van der Waals surface area contributed by atoms with Crippen molar-refractivity contribution in [3.05, 3.63) is 59.3 Å². The quantitative estimate of drug-likeness (QED) is 0.416. The lowest BCUT2D eigenvalue weighted by molar-refractivity contribution is 0.327. The van der Waals surface area contributed by atoms with E-state index in [4.69, 9.17) is 11.3 Å². The maximum Gasteiger partial charge on any atom is 0.228 e. The van der Waals surface area contributed by atoms with Crippen molar-refractivity contribution in [2.24, 2.45) is 0 Å². The summed E-state index contributed by atoms with van der Waals surface area (Å²) < 4.78 is 5.79. The van der Waals surface area contributed by atoms with Crippen LogP contribution >= 0.6 is 0 Å². The zero-order chi connectivity index (χ0) is 19.1. The van der Waals surface area contributed by atoms with E-state index in [0.29, 0.717) is 30.5 Å². The highest BCUT2D eigenvalue weighted by Crippen LogP contribution is 2.26. The monoisotopic (exact) mass is 363 g/mol. The first-order valence-corrected chi connectivity index (χ1v) is 8.67. The van der Waals surface area contributed by atoms with Gasteiger partial charge < -0.3 is 15.4 Å². The van der Waals surface area contributed by atoms with Crippen LogP contribution in [0.3, 0.4) is 0 Å². The van der Waals surface area contributed by atoms with Gasteiger partial charge in [0.25, 0.3) is 0 Å². The van der Waals surface area contributed by atoms with Gasteiger partial charge >= 0.3 is 0 Å². The molecule has 0 aromatic carbocycles. The summed E-state index contributed by atoms with van der Waals surface area (Å²) in [7, 11) is 0. The number of aromatic amines is 1. The Balaban J connectivity index is 1.61. The molecule has 0 saturated heterocycles. The van der Waals surface area contributed by atoms with Crippen molar-refractivity contribution in [2.75, 3.05) is 23.8 Å². The van der Waals surface area contributed by atoms with Gasteiger partial charge in [0.05, 0.1) is 18.0 Å². The molecule has 0 fully saturated rings. The molecule has 0 bridgehead atoms. The lowest BCUT2D eigenvalue weighted by Gasteiger charge is -2.12. The van der Waals surface area contributed by atoms with Crippen molar-refractivity contribution in [3.63, 3.8) is 0 Å². The first-order valence-electron chi connectivity index (χ1n) is 8.67. The molecule has 0 radical (unpaired) electrons. The molecule has 8 nitrogen and oxygen atoms in total. The van der Waals surface area contributed by atoms with Gasteiger partial charge in [0.1, 0.15) is 29.8 Å². The van der Waals surface area contributed by atoms with Crippen LogP contribution in [0.4, 0.5) is 23.1 Å². The van der Waals surface area contributed by atoms with Gasteiger partial charge in [-0.05, 0) is 37.6 Å². The van der Waals surface area contributed by atoms with Gasteiger partial charge in [0.2, 0.25) is 5.69 Å². The van der Waals surface area contributed by atoms with Crippen molar-refractivity contribution >= 4 is 23.1 Å². The first-order chi connectivity index (χ1) is 13.2. The van der Waals surface area contributed by atoms with Gasteiger partial charge in [-0.1, -0.05) is 6.92 Å². The summed E-state index contributed by atoms with van der Waals surface area (Å²) >= 11 is 0. The second-order valence-electron chi connectivity index (χ2n) is 5.80. The fourth-order valence-electron chi connectivity index (χ4n) is 2.52. The van der Waals surface area contributed by atoms with Crippen molar-refractivity contribution < 1.29 is 4.74 Å². The van der Waals surface area contributed by atoms with Gasteiger partial charge in [0.15, 0.2) is 0 Å². The summed E-state index contributed by atoms with van der Waals surface area (Å²) in [6.07, 6.45) is 2.57. The minimum absolute atomic E-state index is 0.440. The average molecular weight is 363 g/mol. The van der Waals surface area contributed by atoms with Gasteiger partial charge in [-0.2, -0.15) is 5.10 Å². The summed E-state index contributed by atoms with van der Waals surface area (Å²) in [5.41, 5.74) is 2.27. The molecule has 0 aliphatic heterocycles. The van der Waals surface area contributed by atoms with Crippen LogP contribution in [-0.4, -0.2) is 33.3 Å². The summed E-state index contributed by atoms with van der Waals surface area (Å²) in [6.45, 7) is 12.2. The normalized spacial score (nSPS) is 10.3. The molecule has 0 aliphatic rings. The van der Waals surface area contributed by atoms with Crippen molar-refractivity contribution in [2.45, 2.75) is 20.3 Å². The molecule has 3 rings (SSSR count). The van der Waals surface area contributed by atoms with E-state index in [-0.39, 0.29) is 0 Å². The van der Waals surface area contributed by atoms with E-state index in [1.807, 2.05) is 32.0 Å². The number of aromatic nitrogens is 4. The lowest BCUT2D eigenvalue weighted by Crippen LogP contribution is -2.13. The van der Waals surface area contributed by atoms with E-state index in [1.165, 1.54) is 0 Å². The van der Waals surface area contributed by atoms with Crippen molar-refractivity contribution in [1.82, 2.24) is 20.2 Å². The Hall–Kier alpha value is -3.60. The zero-order valence-electron chi connectivity index (χ0n) is 15.3. The van der Waals surface area contributed by atoms with E-state index >= 15 is 0 Å². The molecule has 0 amide bonds. The number of anilines is 3. The highest BCUT2D eigenvalue weighted by Gasteiger charge is 2.07. The summed E-state index contributed by atoms with van der Waals surface area (Å²) in [5, 5.41) is 13.3. The second-order valence-corrected chi connectivity index (χ2v) is 5.80. The molecule has 0 saturated carbocycles. The van der Waals surface area contributed by atoms with E-state index in [2.05, 4.69) is 35.6 Å². The maximum absolute atomic E-state index is 7.32. The van der Waals surface area contributed by atoms with Gasteiger partial charge in [-0.3, -0.25) is 10.1 Å². The van der Waals surface area contributed by atoms with E-state index in [0.717, 1.165) is 29.4 Å². The van der Waals surface area contributed by atoms with E-state index in [9.17, 15) is 0 Å². The molecule has 8 heteroatoms. The average Bonchev–Trinajstić information content (AvgIpc) is 3.10. The Morgan fingerprint density at radius 2 is 2.19 bits per heavy atom. The molecule has 27 heavy (non-hydrogen) atoms. The van der Waals surface area contributed by atoms with Crippen LogP contribution < -0.4 is 15.4 Å². The maximum atomic E-state index is 7.32. The number of H-pyrrole nitrogens is 1. The number of hydrogen-bond donors (Lipinski definition) is 3. The third-order valence-electron chi connectivity index (χ3n) is 3.80. The van der Waals surface area contributed by atoms with Gasteiger partial charge in [0, 0.05) is 18.8 Å². The first kappa shape index (κ1) is 18.2. The van der Waals surface area contributed by atoms with Gasteiger partial charge in [-0.25, -0.2) is 9.83 Å². The number of pyridine rings is 2. The highest BCUT2D eigenvalue weighted by atomic mass is 16.5. The number of rotatable bonds is 8. The van der Waals surface area contributed by atoms with Crippen LogP contribution in [0.2, 0.25) is 0 Å². The van der Waals surface area contributed by atoms with Crippen molar-refractivity contribution in [3.8, 4) is 5.75 Å². The number of aryl methyl sites for hydroxylation is 2. The molecular weight excluding hydrogens is 342 g/mol. The summed E-state index contributed by atoms with van der Waals surface area (Å²) in [6, 6.07) is 9.13. The smallest absolute Gasteiger partial charge is 0.228 e. The Morgan fingerprint density at radius 3 is 2.93 bits per heavy atom. The summed E-state index contributed by atoms with van der Waals surface area (Å²) in [5.74, 6) is 2.66. The Morgan fingerprint density at radius 1 is 1.30 bits per heavy atom. The Labute approximate surface area is 157 Å². The molecular formula is C19H21N7O. The van der Waals surface area contributed by atoms with Crippen LogP contribution in [0.5, 0.6) is 5.75 Å². The van der Waals surface area contributed by atoms with Crippen LogP contribution in [0, 0.1) is 13.5 Å². The number of nitrogens with zero attached hydrogens (tertiary/aromatic N) is 4. The van der Waals surface area contributed by atoms with E-state index < -0.39 is 0 Å².